The number of anilines is 3. The second-order valence-electron chi connectivity index (χ2n) is 9.25. The van der Waals surface area contributed by atoms with Gasteiger partial charge in [-0.1, -0.05) is 13.0 Å². The summed E-state index contributed by atoms with van der Waals surface area (Å²) in [4.78, 5) is 14.3. The zero-order chi connectivity index (χ0) is 24.0. The summed E-state index contributed by atoms with van der Waals surface area (Å²) in [5.74, 6) is 0.715. The van der Waals surface area contributed by atoms with Crippen molar-refractivity contribution >= 4 is 23.0 Å². The van der Waals surface area contributed by atoms with Crippen LogP contribution in [0.2, 0.25) is 0 Å². The number of aliphatic hydroxyl groups is 1. The summed E-state index contributed by atoms with van der Waals surface area (Å²) in [6.45, 7) is 9.35. The number of ether oxygens (including phenoxy) is 2. The normalized spacial score (nSPS) is 17.0. The smallest absolute Gasteiger partial charge is 0.306 e. The molecule has 0 aliphatic carbocycles. The number of nitrogens with zero attached hydrogens (tertiary/aromatic N) is 1. The molecule has 1 heterocycles. The third-order valence-corrected chi connectivity index (χ3v) is 6.45. The summed E-state index contributed by atoms with van der Waals surface area (Å²) in [5, 5.41) is 14.4. The van der Waals surface area contributed by atoms with Crippen LogP contribution in [0.3, 0.4) is 0 Å². The molecule has 2 aromatic carbocycles. The predicted molar refractivity (Wildman–Crippen MR) is 134 cm³/mol. The fourth-order valence-electron chi connectivity index (χ4n) is 4.69. The van der Waals surface area contributed by atoms with Gasteiger partial charge in [0, 0.05) is 12.2 Å². The van der Waals surface area contributed by atoms with Gasteiger partial charge in [0.15, 0.2) is 0 Å². The molecule has 0 saturated carbocycles. The first-order valence-corrected chi connectivity index (χ1v) is 12.0. The van der Waals surface area contributed by atoms with E-state index in [0.29, 0.717) is 13.0 Å². The average Bonchev–Trinajstić information content (AvgIpc) is 3.29. The van der Waals surface area contributed by atoms with Crippen molar-refractivity contribution in [3.63, 3.8) is 0 Å². The maximum atomic E-state index is 12.0. The molecule has 1 unspecified atom stereocenters. The van der Waals surface area contributed by atoms with Gasteiger partial charge in [-0.05, 0) is 87.9 Å². The molecule has 0 spiro atoms. The number of carbonyl (C=O) groups excluding carboxylic acids is 1. The molecule has 3 rings (SSSR count). The van der Waals surface area contributed by atoms with Gasteiger partial charge in [-0.15, -0.1) is 0 Å². The maximum absolute atomic E-state index is 12.0. The summed E-state index contributed by atoms with van der Waals surface area (Å²) >= 11 is 0. The second kappa shape index (κ2) is 10.9. The van der Waals surface area contributed by atoms with Gasteiger partial charge in [0.05, 0.1) is 43.2 Å². The Labute approximate surface area is 197 Å². The van der Waals surface area contributed by atoms with Crippen LogP contribution < -0.4 is 15.0 Å². The standard InChI is InChI=1S/C27H38N2O4/c1-6-19(18-26(30)32-5)20-10-15-24(29-16-8-9-25(29)27(3,4)31)23(17-20)28-21-11-13-22(14-12-21)33-7-2/h10-15,17,19,25,28,31H,6-9,16,18H2,1-5H3/t19?,25-/m0/s1. The summed E-state index contributed by atoms with van der Waals surface area (Å²) in [6.07, 6.45) is 3.18. The molecule has 0 bridgehead atoms. The number of carbonyl (C=O) groups is 1. The summed E-state index contributed by atoms with van der Waals surface area (Å²) in [7, 11) is 1.43. The van der Waals surface area contributed by atoms with E-state index < -0.39 is 5.60 Å². The number of hydrogen-bond acceptors (Lipinski definition) is 6. The molecule has 180 valence electrons. The zero-order valence-corrected chi connectivity index (χ0v) is 20.6. The van der Waals surface area contributed by atoms with Crippen molar-refractivity contribution in [3.05, 3.63) is 48.0 Å². The van der Waals surface area contributed by atoms with Crippen molar-refractivity contribution in [1.82, 2.24) is 0 Å². The average molecular weight is 455 g/mol. The molecule has 1 aliphatic rings. The highest BCUT2D eigenvalue weighted by atomic mass is 16.5. The number of rotatable bonds is 10. The third-order valence-electron chi connectivity index (χ3n) is 6.45. The number of hydrogen-bond donors (Lipinski definition) is 2. The number of esters is 1. The SMILES string of the molecule is CCOc1ccc(Nc2cc(C(CC)CC(=O)OC)ccc2N2CCC[C@H]2C(C)(C)O)cc1. The summed E-state index contributed by atoms with van der Waals surface area (Å²) < 4.78 is 10.5. The predicted octanol–water partition coefficient (Wildman–Crippen LogP) is 5.63. The Hall–Kier alpha value is -2.73. The van der Waals surface area contributed by atoms with Gasteiger partial charge < -0.3 is 24.8 Å². The lowest BCUT2D eigenvalue weighted by molar-refractivity contribution is -0.141. The van der Waals surface area contributed by atoms with E-state index in [1.807, 2.05) is 45.0 Å². The van der Waals surface area contributed by atoms with Crippen LogP contribution in [0.4, 0.5) is 17.1 Å². The fraction of sp³-hybridized carbons (Fsp3) is 0.519. The van der Waals surface area contributed by atoms with E-state index in [0.717, 1.165) is 54.2 Å². The van der Waals surface area contributed by atoms with E-state index in [9.17, 15) is 9.90 Å². The molecule has 0 aromatic heterocycles. The van der Waals surface area contributed by atoms with Crippen molar-refractivity contribution in [3.8, 4) is 5.75 Å². The first-order valence-electron chi connectivity index (χ1n) is 12.0. The number of benzene rings is 2. The van der Waals surface area contributed by atoms with E-state index in [1.165, 1.54) is 7.11 Å². The lowest BCUT2D eigenvalue weighted by Gasteiger charge is -2.36. The van der Waals surface area contributed by atoms with Crippen LogP contribution in [0.25, 0.3) is 0 Å². The van der Waals surface area contributed by atoms with E-state index in [4.69, 9.17) is 9.47 Å². The molecular formula is C27H38N2O4. The van der Waals surface area contributed by atoms with Gasteiger partial charge in [-0.25, -0.2) is 0 Å². The van der Waals surface area contributed by atoms with Crippen LogP contribution in [-0.4, -0.2) is 43.0 Å². The Balaban J connectivity index is 1.98. The first-order chi connectivity index (χ1) is 15.8. The van der Waals surface area contributed by atoms with Crippen LogP contribution in [0.5, 0.6) is 5.75 Å². The Bertz CT molecular complexity index is 921. The molecule has 2 aromatic rings. The van der Waals surface area contributed by atoms with Crippen molar-refractivity contribution in [2.75, 3.05) is 30.5 Å². The van der Waals surface area contributed by atoms with E-state index in [2.05, 4.69) is 35.3 Å². The van der Waals surface area contributed by atoms with Crippen molar-refractivity contribution in [2.45, 2.75) is 70.9 Å². The van der Waals surface area contributed by atoms with Crippen LogP contribution in [0, 0.1) is 0 Å². The molecule has 0 amide bonds. The lowest BCUT2D eigenvalue weighted by atomic mass is 9.91. The van der Waals surface area contributed by atoms with Gasteiger partial charge in [-0.2, -0.15) is 0 Å². The molecule has 1 fully saturated rings. The number of nitrogens with one attached hydrogen (secondary N) is 1. The van der Waals surface area contributed by atoms with Crippen molar-refractivity contribution in [1.29, 1.82) is 0 Å². The quantitative estimate of drug-likeness (QED) is 0.454. The van der Waals surface area contributed by atoms with Gasteiger partial charge in [0.2, 0.25) is 0 Å². The minimum Gasteiger partial charge on any atom is -0.494 e. The van der Waals surface area contributed by atoms with Crippen LogP contribution in [0.1, 0.15) is 64.9 Å². The lowest BCUT2D eigenvalue weighted by Crippen LogP contribution is -2.46. The molecule has 1 aliphatic heterocycles. The topological polar surface area (TPSA) is 71.0 Å². The molecule has 6 heteroatoms. The van der Waals surface area contributed by atoms with Gasteiger partial charge in [0.1, 0.15) is 5.75 Å². The Morgan fingerprint density at radius 1 is 1.21 bits per heavy atom. The van der Waals surface area contributed by atoms with Crippen LogP contribution in [0.15, 0.2) is 42.5 Å². The highest BCUT2D eigenvalue weighted by molar-refractivity contribution is 5.78. The maximum Gasteiger partial charge on any atom is 0.306 e. The van der Waals surface area contributed by atoms with Crippen molar-refractivity contribution < 1.29 is 19.4 Å². The molecule has 0 radical (unpaired) electrons. The van der Waals surface area contributed by atoms with E-state index >= 15 is 0 Å². The summed E-state index contributed by atoms with van der Waals surface area (Å²) in [5.41, 5.74) is 3.28. The molecular weight excluding hydrogens is 416 g/mol. The van der Waals surface area contributed by atoms with Crippen LogP contribution in [-0.2, 0) is 9.53 Å². The largest absolute Gasteiger partial charge is 0.494 e. The molecule has 1 saturated heterocycles. The first kappa shape index (κ1) is 24.9. The zero-order valence-electron chi connectivity index (χ0n) is 20.6. The summed E-state index contributed by atoms with van der Waals surface area (Å²) in [6, 6.07) is 14.3. The van der Waals surface area contributed by atoms with Crippen LogP contribution >= 0.6 is 0 Å². The molecule has 33 heavy (non-hydrogen) atoms. The Morgan fingerprint density at radius 2 is 1.94 bits per heavy atom. The minimum atomic E-state index is -0.803. The monoisotopic (exact) mass is 454 g/mol. The molecule has 6 nitrogen and oxygen atoms in total. The third kappa shape index (κ3) is 6.20. The Morgan fingerprint density at radius 3 is 2.55 bits per heavy atom. The molecule has 2 N–H and O–H groups in total. The van der Waals surface area contributed by atoms with E-state index in [1.54, 1.807) is 0 Å². The van der Waals surface area contributed by atoms with Crippen molar-refractivity contribution in [2.24, 2.45) is 0 Å². The highest BCUT2D eigenvalue weighted by Crippen LogP contribution is 2.39. The van der Waals surface area contributed by atoms with Gasteiger partial charge in [-0.3, -0.25) is 4.79 Å². The number of methoxy groups -OCH3 is 1. The van der Waals surface area contributed by atoms with E-state index in [-0.39, 0.29) is 17.9 Å². The highest BCUT2D eigenvalue weighted by Gasteiger charge is 2.37. The minimum absolute atomic E-state index is 0.0428. The van der Waals surface area contributed by atoms with Gasteiger partial charge >= 0.3 is 5.97 Å². The molecule has 2 atom stereocenters. The van der Waals surface area contributed by atoms with Gasteiger partial charge in [0.25, 0.3) is 0 Å². The Kier molecular flexibility index (Phi) is 8.25. The second-order valence-corrected chi connectivity index (χ2v) is 9.25. The fourth-order valence-corrected chi connectivity index (χ4v) is 4.69.